The average molecular weight is 620 g/mol. The predicted molar refractivity (Wildman–Crippen MR) is 165 cm³/mol. The van der Waals surface area contributed by atoms with E-state index in [4.69, 9.17) is 9.47 Å². The minimum Gasteiger partial charge on any atom is -0.396 e. The maximum Gasteiger partial charge on any atom is 0.217 e. The van der Waals surface area contributed by atoms with E-state index in [0.29, 0.717) is 42.4 Å². The molecule has 1 aliphatic heterocycles. The highest BCUT2D eigenvalue weighted by molar-refractivity contribution is 5.91. The van der Waals surface area contributed by atoms with Gasteiger partial charge >= 0.3 is 0 Å². The molecule has 0 bridgehead atoms. The number of nitrogens with one attached hydrogen (secondary N) is 1. The molecule has 4 aliphatic carbocycles. The molecule has 0 aromatic rings. The number of aliphatic hydroxyl groups is 4. The first-order valence-corrected chi connectivity index (χ1v) is 17.2. The van der Waals surface area contributed by atoms with Crippen molar-refractivity contribution in [2.45, 2.75) is 136 Å². The molecule has 5 aliphatic rings. The highest BCUT2D eigenvalue weighted by Crippen LogP contribution is 2.68. The van der Waals surface area contributed by atoms with Crippen molar-refractivity contribution in [3.05, 3.63) is 11.6 Å². The van der Waals surface area contributed by atoms with Crippen LogP contribution in [0, 0.1) is 46.3 Å². The molecule has 0 radical (unpaired) electrons. The molecule has 0 aromatic carbocycles. The first kappa shape index (κ1) is 34.0. The van der Waals surface area contributed by atoms with Crippen molar-refractivity contribution in [3.8, 4) is 0 Å². The Morgan fingerprint density at radius 3 is 2.52 bits per heavy atom. The minimum atomic E-state index is -1.37. The molecule has 0 spiro atoms. The van der Waals surface area contributed by atoms with Crippen LogP contribution in [0.2, 0.25) is 0 Å². The molecule has 1 saturated heterocycles. The molecule has 44 heavy (non-hydrogen) atoms. The first-order chi connectivity index (χ1) is 20.8. The molecular weight excluding hydrogens is 562 g/mol. The Morgan fingerprint density at radius 2 is 1.84 bits per heavy atom. The van der Waals surface area contributed by atoms with Crippen molar-refractivity contribution in [3.63, 3.8) is 0 Å². The summed E-state index contributed by atoms with van der Waals surface area (Å²) in [6.07, 6.45) is 6.58. The van der Waals surface area contributed by atoms with Crippen LogP contribution in [-0.2, 0) is 19.1 Å². The van der Waals surface area contributed by atoms with Crippen LogP contribution in [0.15, 0.2) is 11.6 Å². The summed E-state index contributed by atoms with van der Waals surface area (Å²) in [5, 5.41) is 43.7. The van der Waals surface area contributed by atoms with Crippen molar-refractivity contribution < 1.29 is 39.5 Å². The largest absolute Gasteiger partial charge is 0.396 e. The summed E-state index contributed by atoms with van der Waals surface area (Å²) in [6, 6.07) is -0.994. The summed E-state index contributed by atoms with van der Waals surface area (Å²) in [4.78, 5) is 24.8. The summed E-state index contributed by atoms with van der Waals surface area (Å²) in [7, 11) is 0. The zero-order chi connectivity index (χ0) is 32.0. The van der Waals surface area contributed by atoms with Crippen molar-refractivity contribution >= 4 is 11.7 Å². The number of fused-ring (bicyclic) bond motifs is 5. The minimum absolute atomic E-state index is 0.0717. The highest BCUT2D eigenvalue weighted by Gasteiger charge is 2.63. The monoisotopic (exact) mass is 619 g/mol. The highest BCUT2D eigenvalue weighted by atomic mass is 16.7. The zero-order valence-corrected chi connectivity index (χ0v) is 27.4. The van der Waals surface area contributed by atoms with Gasteiger partial charge in [-0.05, 0) is 97.4 Å². The van der Waals surface area contributed by atoms with E-state index in [2.05, 4.69) is 33.0 Å². The standard InChI is InChI=1S/C35H57NO8/c1-19(17-37)7-6-8-20(2)24-9-10-25-29-26(12-14-35(24,25)5)34(4)13-11-23(40)15-22(34)16-27(29)43-33-30(36-21(3)39)32(42)31(41)28(18-38)44-33/h15,19-20,24-33,37-38,41-42H,6-14,16-18H2,1-5H3,(H,36,39)/t19-,20-,24-,25?,26?,27-,28?,29+,30?,31+,32?,33+,34+,35-/m1/s1. The molecule has 1 heterocycles. The number of aliphatic hydroxyl groups excluding tert-OH is 4. The molecule has 14 atom stereocenters. The smallest absolute Gasteiger partial charge is 0.217 e. The molecule has 5 rings (SSSR count). The fourth-order valence-electron chi connectivity index (χ4n) is 10.5. The van der Waals surface area contributed by atoms with E-state index in [0.717, 1.165) is 50.5 Å². The number of rotatable bonds is 10. The molecule has 1 amide bonds. The van der Waals surface area contributed by atoms with Crippen LogP contribution in [0.25, 0.3) is 0 Å². The lowest BCUT2D eigenvalue weighted by Crippen LogP contribution is -2.66. The Balaban J connectivity index is 1.45. The second-order valence-corrected chi connectivity index (χ2v) is 15.6. The van der Waals surface area contributed by atoms with Gasteiger partial charge in [-0.25, -0.2) is 0 Å². The summed E-state index contributed by atoms with van der Waals surface area (Å²) < 4.78 is 12.9. The van der Waals surface area contributed by atoms with Gasteiger partial charge in [0.25, 0.3) is 0 Å². The van der Waals surface area contributed by atoms with E-state index in [9.17, 15) is 30.0 Å². The van der Waals surface area contributed by atoms with E-state index < -0.39 is 37.3 Å². The maximum absolute atomic E-state index is 12.7. The molecule has 250 valence electrons. The Labute approximate surface area is 263 Å². The quantitative estimate of drug-likeness (QED) is 0.250. The van der Waals surface area contributed by atoms with E-state index in [1.54, 1.807) is 0 Å². The van der Waals surface area contributed by atoms with Gasteiger partial charge in [0.15, 0.2) is 12.1 Å². The summed E-state index contributed by atoms with van der Waals surface area (Å²) in [6.45, 7) is 10.5. The molecule has 9 heteroatoms. The topological polar surface area (TPSA) is 146 Å². The molecule has 5 N–H and O–H groups in total. The van der Waals surface area contributed by atoms with E-state index in [1.165, 1.54) is 13.3 Å². The Bertz CT molecular complexity index is 1080. The summed E-state index contributed by atoms with van der Waals surface area (Å²) >= 11 is 0. The van der Waals surface area contributed by atoms with Crippen molar-refractivity contribution in [2.75, 3.05) is 13.2 Å². The lowest BCUT2D eigenvalue weighted by atomic mass is 9.45. The Morgan fingerprint density at radius 1 is 1.09 bits per heavy atom. The van der Waals surface area contributed by atoms with Gasteiger partial charge in [0.1, 0.15) is 24.4 Å². The maximum atomic E-state index is 12.7. The normalized spacial score (nSPS) is 45.0. The van der Waals surface area contributed by atoms with Crippen LogP contribution in [0.4, 0.5) is 0 Å². The van der Waals surface area contributed by atoms with Crippen LogP contribution in [-0.4, -0.2) is 82.1 Å². The van der Waals surface area contributed by atoms with Gasteiger partial charge < -0.3 is 35.2 Å². The fourth-order valence-corrected chi connectivity index (χ4v) is 10.5. The molecular formula is C35H57NO8. The third-order valence-corrected chi connectivity index (χ3v) is 12.9. The lowest BCUT2D eigenvalue weighted by Gasteiger charge is -2.61. The molecule has 4 fully saturated rings. The molecule has 3 saturated carbocycles. The van der Waals surface area contributed by atoms with Crippen LogP contribution < -0.4 is 5.32 Å². The SMILES string of the molecule is CC(=O)NC1C(O)[C@@H](O)C(CO)O[C@@H]1O[C@@H]1CC2=CC(=O)CC[C@]2(C)C2CC[C@@]3(C)C(CC[C@@H]3[C@H](C)CCC[C@@H](C)CO)[C@@H]21. The number of carbonyl (C=O) groups is 2. The summed E-state index contributed by atoms with van der Waals surface area (Å²) in [5.74, 6) is 2.29. The van der Waals surface area contributed by atoms with Gasteiger partial charge in [-0.15, -0.1) is 0 Å². The average Bonchev–Trinajstić information content (AvgIpc) is 3.34. The Kier molecular flexibility index (Phi) is 10.4. The van der Waals surface area contributed by atoms with E-state index in [-0.39, 0.29) is 41.1 Å². The number of hydrogen-bond acceptors (Lipinski definition) is 8. The van der Waals surface area contributed by atoms with Gasteiger partial charge in [-0.3, -0.25) is 9.59 Å². The van der Waals surface area contributed by atoms with Crippen molar-refractivity contribution in [1.82, 2.24) is 5.32 Å². The van der Waals surface area contributed by atoms with Gasteiger partial charge in [0.05, 0.1) is 12.7 Å². The van der Waals surface area contributed by atoms with E-state index in [1.807, 2.05) is 6.08 Å². The van der Waals surface area contributed by atoms with E-state index >= 15 is 0 Å². The van der Waals surface area contributed by atoms with Gasteiger partial charge in [0.2, 0.25) is 5.91 Å². The van der Waals surface area contributed by atoms with Gasteiger partial charge in [-0.1, -0.05) is 46.1 Å². The van der Waals surface area contributed by atoms with Gasteiger partial charge in [-0.2, -0.15) is 0 Å². The molecule has 0 aromatic heterocycles. The fraction of sp³-hybridized carbons (Fsp3) is 0.886. The van der Waals surface area contributed by atoms with Gasteiger partial charge in [0, 0.05) is 20.0 Å². The first-order valence-electron chi connectivity index (χ1n) is 17.2. The number of amides is 1. The number of ketones is 1. The number of hydrogen-bond donors (Lipinski definition) is 5. The predicted octanol–water partition coefficient (Wildman–Crippen LogP) is 3.51. The Hall–Kier alpha value is -1.36. The lowest BCUT2D eigenvalue weighted by molar-refractivity contribution is -0.296. The third-order valence-electron chi connectivity index (χ3n) is 12.9. The van der Waals surface area contributed by atoms with Crippen molar-refractivity contribution in [2.24, 2.45) is 46.3 Å². The van der Waals surface area contributed by atoms with Crippen LogP contribution >= 0.6 is 0 Å². The third kappa shape index (κ3) is 6.18. The van der Waals surface area contributed by atoms with Crippen LogP contribution in [0.3, 0.4) is 0 Å². The molecule has 9 nitrogen and oxygen atoms in total. The number of ether oxygens (including phenoxy) is 2. The second-order valence-electron chi connectivity index (χ2n) is 15.6. The summed E-state index contributed by atoms with van der Waals surface area (Å²) in [5.41, 5.74) is 1.22. The second kappa shape index (κ2) is 13.4. The van der Waals surface area contributed by atoms with Crippen LogP contribution in [0.1, 0.15) is 98.8 Å². The zero-order valence-electron chi connectivity index (χ0n) is 27.4. The van der Waals surface area contributed by atoms with Crippen molar-refractivity contribution in [1.29, 1.82) is 0 Å². The molecule has 5 unspecified atom stereocenters. The van der Waals surface area contributed by atoms with Crippen LogP contribution in [0.5, 0.6) is 0 Å². The number of carbonyl (C=O) groups excluding carboxylic acids is 2.